The van der Waals surface area contributed by atoms with Crippen LogP contribution in [0.1, 0.15) is 12.0 Å². The molecule has 0 spiro atoms. The van der Waals surface area contributed by atoms with Crippen molar-refractivity contribution >= 4 is 11.5 Å². The molecule has 94 valence electrons. The summed E-state index contributed by atoms with van der Waals surface area (Å²) < 4.78 is 0. The molecule has 0 saturated heterocycles. The summed E-state index contributed by atoms with van der Waals surface area (Å²) in [6.45, 7) is 3.52. The average Bonchev–Trinajstić information content (AvgIpc) is 2.47. The Morgan fingerprint density at radius 1 is 1.37 bits per heavy atom. The van der Waals surface area contributed by atoms with Crippen molar-refractivity contribution in [2.75, 3.05) is 0 Å². The summed E-state index contributed by atoms with van der Waals surface area (Å²) in [4.78, 5) is 11.0. The van der Waals surface area contributed by atoms with Crippen LogP contribution in [0.25, 0.3) is 5.57 Å². The monoisotopic (exact) mass is 251 g/mol. The fourth-order valence-electron chi connectivity index (χ4n) is 2.05. The van der Waals surface area contributed by atoms with Crippen molar-refractivity contribution in [2.45, 2.75) is 6.42 Å². The summed E-state index contributed by atoms with van der Waals surface area (Å²) in [7, 11) is 0. The average molecular weight is 251 g/mol. The zero-order valence-electron chi connectivity index (χ0n) is 10.3. The van der Waals surface area contributed by atoms with E-state index in [1.54, 1.807) is 12.2 Å². The number of carboxylic acids is 1. The van der Waals surface area contributed by atoms with Crippen LogP contribution in [0.4, 0.5) is 0 Å². The quantitative estimate of drug-likeness (QED) is 0.839. The number of allylic oxidation sites excluding steroid dienone is 4. The third-order valence-corrected chi connectivity index (χ3v) is 3.29. The van der Waals surface area contributed by atoms with E-state index in [0.29, 0.717) is 6.42 Å². The highest BCUT2D eigenvalue weighted by Gasteiger charge is 2.35. The van der Waals surface area contributed by atoms with Gasteiger partial charge in [0.2, 0.25) is 0 Å². The van der Waals surface area contributed by atoms with Gasteiger partial charge in [0, 0.05) is 0 Å². The van der Waals surface area contributed by atoms with Crippen LogP contribution in [0, 0.1) is 16.7 Å². The van der Waals surface area contributed by atoms with Crippen molar-refractivity contribution < 1.29 is 9.90 Å². The molecule has 2 rings (SSSR count). The maximum absolute atomic E-state index is 11.0. The number of nitriles is 1. The molecule has 0 heterocycles. The maximum atomic E-state index is 11.0. The summed E-state index contributed by atoms with van der Waals surface area (Å²) in [6, 6.07) is 11.8. The molecule has 0 saturated carbocycles. The third kappa shape index (κ3) is 2.34. The predicted molar refractivity (Wildman–Crippen MR) is 73.0 cm³/mol. The first-order valence-electron chi connectivity index (χ1n) is 5.88. The molecular weight excluding hydrogens is 238 g/mol. The van der Waals surface area contributed by atoms with Crippen molar-refractivity contribution in [2.24, 2.45) is 5.41 Å². The second-order valence-electron chi connectivity index (χ2n) is 4.43. The van der Waals surface area contributed by atoms with Gasteiger partial charge >= 0.3 is 5.97 Å². The molecule has 0 aliphatic heterocycles. The van der Waals surface area contributed by atoms with Crippen LogP contribution < -0.4 is 0 Å². The number of rotatable bonds is 3. The lowest BCUT2D eigenvalue weighted by Gasteiger charge is -2.25. The van der Waals surface area contributed by atoms with Crippen LogP contribution in [-0.2, 0) is 4.79 Å². The summed E-state index contributed by atoms with van der Waals surface area (Å²) in [5.41, 5.74) is 0.815. The lowest BCUT2D eigenvalue weighted by molar-refractivity contribution is -0.133. The van der Waals surface area contributed by atoms with E-state index in [-0.39, 0.29) is 5.57 Å². The Labute approximate surface area is 111 Å². The van der Waals surface area contributed by atoms with Gasteiger partial charge in [-0.1, -0.05) is 55.1 Å². The largest absolute Gasteiger partial charge is 0.478 e. The summed E-state index contributed by atoms with van der Waals surface area (Å²) in [6.07, 6.45) is 5.63. The van der Waals surface area contributed by atoms with Crippen LogP contribution in [0.2, 0.25) is 0 Å². The zero-order valence-corrected chi connectivity index (χ0v) is 10.3. The van der Waals surface area contributed by atoms with Gasteiger partial charge in [-0.25, -0.2) is 4.79 Å². The van der Waals surface area contributed by atoms with E-state index in [1.807, 2.05) is 36.4 Å². The van der Waals surface area contributed by atoms with Gasteiger partial charge in [0.05, 0.1) is 11.6 Å². The van der Waals surface area contributed by atoms with Gasteiger partial charge in [-0.15, -0.1) is 0 Å². The van der Waals surface area contributed by atoms with E-state index < -0.39 is 11.4 Å². The number of nitrogens with zero attached hydrogens (tertiary/aromatic N) is 1. The molecule has 0 fully saturated rings. The second-order valence-corrected chi connectivity index (χ2v) is 4.43. The minimum atomic E-state index is -1.14. The van der Waals surface area contributed by atoms with Crippen LogP contribution in [-0.4, -0.2) is 11.1 Å². The predicted octanol–water partition coefficient (Wildman–Crippen LogP) is 3.18. The van der Waals surface area contributed by atoms with Crippen LogP contribution >= 0.6 is 0 Å². The fraction of sp³-hybridized carbons (Fsp3) is 0.125. The van der Waals surface area contributed by atoms with Gasteiger partial charge in [0.15, 0.2) is 0 Å². The van der Waals surface area contributed by atoms with Crippen LogP contribution in [0.3, 0.4) is 0 Å². The van der Waals surface area contributed by atoms with Crippen molar-refractivity contribution in [3.05, 3.63) is 66.3 Å². The number of carbonyl (C=O) groups is 1. The number of carboxylic acid groups (broad SMARTS) is 1. The Kier molecular flexibility index (Phi) is 3.35. The van der Waals surface area contributed by atoms with Crippen molar-refractivity contribution in [1.29, 1.82) is 5.26 Å². The molecule has 0 bridgehead atoms. The van der Waals surface area contributed by atoms with Gasteiger partial charge in [-0.05, 0) is 17.6 Å². The number of hydrogen-bond donors (Lipinski definition) is 1. The van der Waals surface area contributed by atoms with E-state index in [2.05, 4.69) is 12.6 Å². The van der Waals surface area contributed by atoms with Gasteiger partial charge in [0.25, 0.3) is 0 Å². The van der Waals surface area contributed by atoms with Crippen LogP contribution in [0.15, 0.2) is 60.7 Å². The molecule has 1 aromatic carbocycles. The second kappa shape index (κ2) is 4.95. The lowest BCUT2D eigenvalue weighted by atomic mass is 9.75. The molecule has 1 aliphatic rings. The zero-order chi connectivity index (χ0) is 13.9. The molecule has 0 aromatic heterocycles. The molecular formula is C16H13NO2. The van der Waals surface area contributed by atoms with Crippen molar-refractivity contribution in [3.8, 4) is 6.07 Å². The molecule has 3 nitrogen and oxygen atoms in total. The topological polar surface area (TPSA) is 61.1 Å². The van der Waals surface area contributed by atoms with Crippen molar-refractivity contribution in [3.63, 3.8) is 0 Å². The molecule has 0 amide bonds. The number of hydrogen-bond acceptors (Lipinski definition) is 2. The summed E-state index contributed by atoms with van der Waals surface area (Å²) >= 11 is 0. The molecule has 1 atom stereocenters. The summed E-state index contributed by atoms with van der Waals surface area (Å²) in [5.74, 6) is -1.14. The highest BCUT2D eigenvalue weighted by Crippen LogP contribution is 2.38. The number of benzene rings is 1. The van der Waals surface area contributed by atoms with Gasteiger partial charge in [0.1, 0.15) is 5.41 Å². The van der Waals surface area contributed by atoms with E-state index in [4.69, 9.17) is 5.11 Å². The summed E-state index contributed by atoms with van der Waals surface area (Å²) in [5, 5.41) is 18.3. The Morgan fingerprint density at radius 2 is 2.05 bits per heavy atom. The minimum absolute atomic E-state index is 0.0883. The van der Waals surface area contributed by atoms with Crippen LogP contribution in [0.5, 0.6) is 0 Å². The lowest BCUT2D eigenvalue weighted by Crippen LogP contribution is -2.24. The van der Waals surface area contributed by atoms with E-state index in [0.717, 1.165) is 11.1 Å². The molecule has 1 N–H and O–H groups in total. The van der Waals surface area contributed by atoms with E-state index in [9.17, 15) is 10.1 Å². The molecule has 1 unspecified atom stereocenters. The SMILES string of the molecule is C=C(C(=O)O)C1(C#N)C=CC(c2ccccc2)=CC1. The Hall–Kier alpha value is -2.60. The van der Waals surface area contributed by atoms with Gasteiger partial charge in [-0.2, -0.15) is 5.26 Å². The highest BCUT2D eigenvalue weighted by molar-refractivity contribution is 5.90. The van der Waals surface area contributed by atoms with Gasteiger partial charge < -0.3 is 5.11 Å². The standard InChI is InChI=1S/C16H13NO2/c1-12(15(18)19)16(11-17)9-7-14(8-10-16)13-5-3-2-4-6-13/h2-9H,1,10H2,(H,18,19). The van der Waals surface area contributed by atoms with Crippen molar-refractivity contribution in [1.82, 2.24) is 0 Å². The molecule has 0 radical (unpaired) electrons. The third-order valence-electron chi connectivity index (χ3n) is 3.29. The Bertz CT molecular complexity index is 620. The highest BCUT2D eigenvalue weighted by atomic mass is 16.4. The fourth-order valence-corrected chi connectivity index (χ4v) is 2.05. The Morgan fingerprint density at radius 3 is 2.53 bits per heavy atom. The maximum Gasteiger partial charge on any atom is 0.332 e. The molecule has 1 aliphatic carbocycles. The molecule has 1 aromatic rings. The first-order chi connectivity index (χ1) is 9.09. The first kappa shape index (κ1) is 12.8. The van der Waals surface area contributed by atoms with E-state index in [1.165, 1.54) is 0 Å². The minimum Gasteiger partial charge on any atom is -0.478 e. The molecule has 19 heavy (non-hydrogen) atoms. The first-order valence-corrected chi connectivity index (χ1v) is 5.88. The number of aliphatic carboxylic acids is 1. The Balaban J connectivity index is 2.30. The van der Waals surface area contributed by atoms with Gasteiger partial charge in [-0.3, -0.25) is 0 Å². The smallest absolute Gasteiger partial charge is 0.332 e. The molecule has 3 heteroatoms. The van der Waals surface area contributed by atoms with E-state index >= 15 is 0 Å². The normalized spacial score (nSPS) is 21.3.